The van der Waals surface area contributed by atoms with Gasteiger partial charge in [0.25, 0.3) is 10.0 Å². The van der Waals surface area contributed by atoms with Gasteiger partial charge in [0, 0.05) is 20.1 Å². The van der Waals surface area contributed by atoms with Gasteiger partial charge in [-0.05, 0) is 25.0 Å². The number of carbonyl (C=O) groups is 1. The number of amides is 2. The number of nitrogens with one attached hydrogen (secondary N) is 1. The number of nitrogens with zero attached hydrogens (tertiary/aromatic N) is 2. The molecule has 8 nitrogen and oxygen atoms in total. The smallest absolute Gasteiger partial charge is 0.306 e. The summed E-state index contributed by atoms with van der Waals surface area (Å²) in [6, 6.07) is 1.36. The van der Waals surface area contributed by atoms with Crippen LogP contribution in [0.25, 0.3) is 0 Å². The fraction of sp³-hybridized carbons (Fsp3) is 0.462. The fourth-order valence-corrected chi connectivity index (χ4v) is 6.07. The van der Waals surface area contributed by atoms with Gasteiger partial charge in [-0.2, -0.15) is 4.31 Å². The molecule has 1 aromatic carbocycles. The Bertz CT molecular complexity index is 908. The van der Waals surface area contributed by atoms with Gasteiger partial charge >= 0.3 is 6.03 Å². The van der Waals surface area contributed by atoms with E-state index in [1.807, 2.05) is 0 Å². The molecule has 3 rings (SSSR count). The van der Waals surface area contributed by atoms with Crippen molar-refractivity contribution in [2.75, 3.05) is 25.5 Å². The largest absolute Gasteiger partial charge is 0.335 e. The number of carbonyl (C=O) groups excluding carboxylic acids is 1. The SMILES string of the molecule is CN1C(=O)Nc2cc(Cl)c(S(=O)(=O)N3CCCCC3)cc2S1(=O)=O. The summed E-state index contributed by atoms with van der Waals surface area (Å²) in [6.45, 7) is 0.748. The van der Waals surface area contributed by atoms with Crippen LogP contribution in [0, 0.1) is 0 Å². The Morgan fingerprint density at radius 1 is 1.17 bits per heavy atom. The molecular formula is C13H16ClN3O5S2. The van der Waals surface area contributed by atoms with Gasteiger partial charge in [0.1, 0.15) is 9.79 Å². The summed E-state index contributed by atoms with van der Waals surface area (Å²) >= 11 is 6.08. The van der Waals surface area contributed by atoms with E-state index in [0.29, 0.717) is 17.4 Å². The molecule has 0 aliphatic carbocycles. The van der Waals surface area contributed by atoms with E-state index >= 15 is 0 Å². The Balaban J connectivity index is 2.15. The Kier molecular flexibility index (Phi) is 4.27. The van der Waals surface area contributed by atoms with Crippen molar-refractivity contribution in [2.45, 2.75) is 29.1 Å². The molecule has 2 heterocycles. The first-order chi connectivity index (χ1) is 11.2. The lowest BCUT2D eigenvalue weighted by molar-refractivity contribution is 0.240. The van der Waals surface area contributed by atoms with Crippen molar-refractivity contribution in [1.82, 2.24) is 8.61 Å². The number of halogens is 1. The van der Waals surface area contributed by atoms with Crippen molar-refractivity contribution in [2.24, 2.45) is 0 Å². The van der Waals surface area contributed by atoms with Crippen LogP contribution in [0.3, 0.4) is 0 Å². The normalized spacial score (nSPS) is 21.2. The number of rotatable bonds is 2. The molecule has 0 atom stereocenters. The zero-order chi connectivity index (χ0) is 17.7. The summed E-state index contributed by atoms with van der Waals surface area (Å²) in [7, 11) is -6.92. The summed E-state index contributed by atoms with van der Waals surface area (Å²) in [5.74, 6) is 0. The number of benzene rings is 1. The summed E-state index contributed by atoms with van der Waals surface area (Å²) in [6.07, 6.45) is 2.45. The fourth-order valence-electron chi connectivity index (χ4n) is 2.74. The first kappa shape index (κ1) is 17.5. The van der Waals surface area contributed by atoms with Crippen LogP contribution in [0.2, 0.25) is 5.02 Å². The Morgan fingerprint density at radius 2 is 1.79 bits per heavy atom. The zero-order valence-electron chi connectivity index (χ0n) is 12.8. The van der Waals surface area contributed by atoms with Crippen molar-refractivity contribution < 1.29 is 21.6 Å². The molecule has 0 spiro atoms. The van der Waals surface area contributed by atoms with E-state index in [4.69, 9.17) is 11.6 Å². The zero-order valence-corrected chi connectivity index (χ0v) is 15.2. The minimum absolute atomic E-state index is 0.0271. The molecular weight excluding hydrogens is 378 g/mol. The second kappa shape index (κ2) is 5.87. The van der Waals surface area contributed by atoms with E-state index in [1.54, 1.807) is 0 Å². The third kappa shape index (κ3) is 2.67. The Morgan fingerprint density at radius 3 is 2.42 bits per heavy atom. The third-order valence-corrected chi connectivity index (χ3v) is 8.28. The Labute approximate surface area is 145 Å². The summed E-state index contributed by atoms with van der Waals surface area (Å²) < 4.78 is 52.2. The third-order valence-electron chi connectivity index (χ3n) is 4.13. The predicted molar refractivity (Wildman–Crippen MR) is 88.0 cm³/mol. The molecule has 1 fully saturated rings. The van der Waals surface area contributed by atoms with Crippen molar-refractivity contribution in [1.29, 1.82) is 0 Å². The highest BCUT2D eigenvalue weighted by atomic mass is 35.5. The lowest BCUT2D eigenvalue weighted by Crippen LogP contribution is -2.41. The highest BCUT2D eigenvalue weighted by Crippen LogP contribution is 2.37. The number of piperidine rings is 1. The van der Waals surface area contributed by atoms with Gasteiger partial charge in [-0.25, -0.2) is 25.9 Å². The maximum Gasteiger partial charge on any atom is 0.335 e. The Hall–Kier alpha value is -1.36. The molecule has 2 aliphatic heterocycles. The average Bonchev–Trinajstić information content (AvgIpc) is 2.53. The van der Waals surface area contributed by atoms with Crippen molar-refractivity contribution >= 4 is 43.4 Å². The highest BCUT2D eigenvalue weighted by molar-refractivity contribution is 7.90. The molecule has 24 heavy (non-hydrogen) atoms. The second-order valence-corrected chi connectivity index (χ2v) is 9.90. The van der Waals surface area contributed by atoms with Crippen LogP contribution < -0.4 is 5.32 Å². The first-order valence-electron chi connectivity index (χ1n) is 7.29. The molecule has 0 saturated carbocycles. The summed E-state index contributed by atoms with van der Waals surface area (Å²) in [5, 5.41) is 2.25. The minimum Gasteiger partial charge on any atom is -0.306 e. The van der Waals surface area contributed by atoms with E-state index in [0.717, 1.165) is 38.4 Å². The predicted octanol–water partition coefficient (Wildman–Crippen LogP) is 1.68. The van der Waals surface area contributed by atoms with Crippen molar-refractivity contribution in [3.05, 3.63) is 17.2 Å². The first-order valence-corrected chi connectivity index (χ1v) is 10.5. The maximum atomic E-state index is 12.8. The second-order valence-electron chi connectivity index (χ2n) is 5.65. The molecule has 1 N–H and O–H groups in total. The number of urea groups is 1. The average molecular weight is 394 g/mol. The summed E-state index contributed by atoms with van der Waals surface area (Å²) in [5.41, 5.74) is -0.0271. The molecule has 132 valence electrons. The van der Waals surface area contributed by atoms with Crippen molar-refractivity contribution in [3.63, 3.8) is 0 Å². The van der Waals surface area contributed by atoms with Gasteiger partial charge in [0.2, 0.25) is 10.0 Å². The van der Waals surface area contributed by atoms with Crippen LogP contribution in [-0.2, 0) is 20.0 Å². The highest BCUT2D eigenvalue weighted by Gasteiger charge is 2.37. The molecule has 2 amide bonds. The summed E-state index contributed by atoms with van der Waals surface area (Å²) in [4.78, 5) is 11.1. The number of sulfonamides is 2. The minimum atomic E-state index is -4.12. The van der Waals surface area contributed by atoms with E-state index in [2.05, 4.69) is 5.32 Å². The number of hydrogen-bond donors (Lipinski definition) is 1. The lowest BCUT2D eigenvalue weighted by Gasteiger charge is -2.29. The quantitative estimate of drug-likeness (QED) is 0.823. The molecule has 11 heteroatoms. The van der Waals surface area contributed by atoms with E-state index < -0.39 is 26.1 Å². The van der Waals surface area contributed by atoms with Gasteiger partial charge in [-0.15, -0.1) is 0 Å². The molecule has 0 aromatic heterocycles. The van der Waals surface area contributed by atoms with E-state index in [1.165, 1.54) is 4.31 Å². The van der Waals surface area contributed by atoms with Gasteiger partial charge in [-0.3, -0.25) is 0 Å². The van der Waals surface area contributed by atoms with Crippen LogP contribution >= 0.6 is 11.6 Å². The standard InChI is InChI=1S/C13H16ClN3O5S2/c1-16-13(18)15-10-7-9(14)11(8-12(10)23(16,19)20)24(21,22)17-5-3-2-4-6-17/h7-8H,2-6H2,1H3,(H,15,18). The molecule has 1 aromatic rings. The van der Waals surface area contributed by atoms with E-state index in [-0.39, 0.29) is 20.5 Å². The van der Waals surface area contributed by atoms with Crippen molar-refractivity contribution in [3.8, 4) is 0 Å². The topological polar surface area (TPSA) is 104 Å². The van der Waals surface area contributed by atoms with Gasteiger partial charge in [-0.1, -0.05) is 18.0 Å². The van der Waals surface area contributed by atoms with Gasteiger partial charge in [0.05, 0.1) is 10.7 Å². The molecule has 0 bridgehead atoms. The van der Waals surface area contributed by atoms with Crippen LogP contribution in [0.15, 0.2) is 21.9 Å². The maximum absolute atomic E-state index is 12.8. The van der Waals surface area contributed by atoms with E-state index in [9.17, 15) is 21.6 Å². The molecule has 0 unspecified atom stereocenters. The van der Waals surface area contributed by atoms with Gasteiger partial charge in [0.15, 0.2) is 0 Å². The molecule has 0 radical (unpaired) electrons. The van der Waals surface area contributed by atoms with Crippen LogP contribution in [0.5, 0.6) is 0 Å². The monoisotopic (exact) mass is 393 g/mol. The molecule has 1 saturated heterocycles. The number of fused-ring (bicyclic) bond motifs is 1. The molecule has 2 aliphatic rings. The van der Waals surface area contributed by atoms with Crippen LogP contribution in [-0.4, -0.2) is 51.6 Å². The van der Waals surface area contributed by atoms with Crippen LogP contribution in [0.1, 0.15) is 19.3 Å². The van der Waals surface area contributed by atoms with Crippen LogP contribution in [0.4, 0.5) is 10.5 Å². The van der Waals surface area contributed by atoms with Gasteiger partial charge < -0.3 is 5.32 Å². The number of anilines is 1. The number of hydrogen-bond acceptors (Lipinski definition) is 5. The lowest BCUT2D eigenvalue weighted by atomic mass is 10.2.